The molecule has 2 N–H and O–H groups in total. The molecule has 5 nitrogen and oxygen atoms in total. The molecule has 7 heteroatoms. The third-order valence-electron chi connectivity index (χ3n) is 3.50. The Morgan fingerprint density at radius 3 is 2.40 bits per heavy atom. The lowest BCUT2D eigenvalue weighted by molar-refractivity contribution is 0.351. The Bertz CT molecular complexity index is 710. The minimum absolute atomic E-state index is 0. The molecule has 0 radical (unpaired) electrons. The number of rotatable bonds is 6. The minimum Gasteiger partial charge on any atom is -0.493 e. The van der Waals surface area contributed by atoms with E-state index in [-0.39, 0.29) is 24.0 Å². The number of halogens is 2. The summed E-state index contributed by atoms with van der Waals surface area (Å²) in [7, 11) is 4.99. The fourth-order valence-corrected chi connectivity index (χ4v) is 2.54. The molecule has 2 aromatic rings. The molecule has 2 aromatic carbocycles. The van der Waals surface area contributed by atoms with E-state index < -0.39 is 0 Å². The van der Waals surface area contributed by atoms with E-state index in [1.54, 1.807) is 21.3 Å². The normalized spacial score (nSPS) is 10.6. The number of methoxy groups -OCH3 is 2. The van der Waals surface area contributed by atoms with Gasteiger partial charge in [-0.05, 0) is 23.8 Å². The molecule has 0 heterocycles. The van der Waals surface area contributed by atoms with E-state index in [0.717, 1.165) is 21.9 Å². The number of para-hydroxylation sites is 1. The maximum atomic E-state index is 6.00. The van der Waals surface area contributed by atoms with Crippen LogP contribution in [0.2, 0.25) is 5.02 Å². The molecular formula is C18H23ClIN3O2. The van der Waals surface area contributed by atoms with Gasteiger partial charge < -0.3 is 20.1 Å². The molecule has 136 valence electrons. The van der Waals surface area contributed by atoms with Crippen LogP contribution in [0.25, 0.3) is 0 Å². The Hall–Kier alpha value is -1.67. The quantitative estimate of drug-likeness (QED) is 0.379. The molecule has 0 unspecified atom stereocenters. The smallest absolute Gasteiger partial charge is 0.191 e. The molecule has 0 aromatic heterocycles. The lowest BCUT2D eigenvalue weighted by atomic mass is 10.2. The monoisotopic (exact) mass is 475 g/mol. The number of hydrogen-bond acceptors (Lipinski definition) is 3. The minimum atomic E-state index is 0. The maximum absolute atomic E-state index is 6.00. The van der Waals surface area contributed by atoms with Gasteiger partial charge in [0.15, 0.2) is 17.5 Å². The SMILES string of the molecule is CN=C(NCc1cccc(Cl)c1)NCc1cccc(OC)c1OC.I. The van der Waals surface area contributed by atoms with Crippen LogP contribution in [0.15, 0.2) is 47.5 Å². The van der Waals surface area contributed by atoms with Crippen LogP contribution in [0.5, 0.6) is 11.5 Å². The second-order valence-corrected chi connectivity index (χ2v) is 5.50. The first-order valence-corrected chi connectivity index (χ1v) is 7.94. The van der Waals surface area contributed by atoms with E-state index in [9.17, 15) is 0 Å². The van der Waals surface area contributed by atoms with Crippen molar-refractivity contribution < 1.29 is 9.47 Å². The van der Waals surface area contributed by atoms with Crippen LogP contribution in [0.4, 0.5) is 0 Å². The second kappa shape index (κ2) is 11.0. The largest absolute Gasteiger partial charge is 0.493 e. The molecule has 0 bridgehead atoms. The summed E-state index contributed by atoms with van der Waals surface area (Å²) < 4.78 is 10.8. The molecule has 0 saturated heterocycles. The van der Waals surface area contributed by atoms with Crippen LogP contribution >= 0.6 is 35.6 Å². The molecule has 0 atom stereocenters. The van der Waals surface area contributed by atoms with Crippen molar-refractivity contribution in [2.45, 2.75) is 13.1 Å². The molecule has 0 spiro atoms. The number of ether oxygens (including phenoxy) is 2. The fraction of sp³-hybridized carbons (Fsp3) is 0.278. The average molecular weight is 476 g/mol. The van der Waals surface area contributed by atoms with Crippen LogP contribution in [0.3, 0.4) is 0 Å². The third kappa shape index (κ3) is 6.28. The van der Waals surface area contributed by atoms with Gasteiger partial charge in [0.25, 0.3) is 0 Å². The predicted octanol–water partition coefficient (Wildman–Crippen LogP) is 3.84. The predicted molar refractivity (Wildman–Crippen MR) is 113 cm³/mol. The summed E-state index contributed by atoms with van der Waals surface area (Å²) in [5.74, 6) is 2.12. The summed E-state index contributed by atoms with van der Waals surface area (Å²) in [6.07, 6.45) is 0. The van der Waals surface area contributed by atoms with Crippen molar-refractivity contribution in [2.75, 3.05) is 21.3 Å². The van der Waals surface area contributed by atoms with Crippen molar-refractivity contribution >= 4 is 41.5 Å². The first-order chi connectivity index (χ1) is 11.7. The van der Waals surface area contributed by atoms with Gasteiger partial charge in [0, 0.05) is 30.7 Å². The van der Waals surface area contributed by atoms with Crippen molar-refractivity contribution in [1.29, 1.82) is 0 Å². The number of hydrogen-bond donors (Lipinski definition) is 2. The van der Waals surface area contributed by atoms with Crippen molar-refractivity contribution in [3.63, 3.8) is 0 Å². The number of benzene rings is 2. The second-order valence-electron chi connectivity index (χ2n) is 5.06. The topological polar surface area (TPSA) is 54.9 Å². The molecular weight excluding hydrogens is 453 g/mol. The standard InChI is InChI=1S/C18H22ClN3O2.HI/c1-20-18(21-11-13-6-4-8-15(19)10-13)22-12-14-7-5-9-16(23-2)17(14)24-3;/h4-10H,11-12H2,1-3H3,(H2,20,21,22);1H. The van der Waals surface area contributed by atoms with Crippen molar-refractivity contribution in [1.82, 2.24) is 10.6 Å². The summed E-state index contributed by atoms with van der Waals surface area (Å²) in [6, 6.07) is 13.5. The zero-order valence-electron chi connectivity index (χ0n) is 14.5. The Morgan fingerprint density at radius 2 is 1.76 bits per heavy atom. The Balaban J connectivity index is 0.00000312. The Labute approximate surface area is 170 Å². The Morgan fingerprint density at radius 1 is 1.04 bits per heavy atom. The molecule has 0 aliphatic carbocycles. The zero-order chi connectivity index (χ0) is 17.4. The van der Waals surface area contributed by atoms with Crippen LogP contribution in [0.1, 0.15) is 11.1 Å². The van der Waals surface area contributed by atoms with Crippen LogP contribution < -0.4 is 20.1 Å². The fourth-order valence-electron chi connectivity index (χ4n) is 2.33. The molecule has 0 fully saturated rings. The van der Waals surface area contributed by atoms with Crippen molar-refractivity contribution in [3.05, 3.63) is 58.6 Å². The summed E-state index contributed by atoms with van der Waals surface area (Å²) in [5, 5.41) is 7.25. The first kappa shape index (κ1) is 21.4. The number of nitrogens with zero attached hydrogens (tertiary/aromatic N) is 1. The van der Waals surface area contributed by atoms with Crippen LogP contribution in [-0.2, 0) is 13.1 Å². The van der Waals surface area contributed by atoms with Gasteiger partial charge in [0.1, 0.15) is 0 Å². The van der Waals surface area contributed by atoms with Gasteiger partial charge in [-0.2, -0.15) is 0 Å². The van der Waals surface area contributed by atoms with Gasteiger partial charge in [0.2, 0.25) is 0 Å². The zero-order valence-corrected chi connectivity index (χ0v) is 17.6. The molecule has 0 amide bonds. The van der Waals surface area contributed by atoms with E-state index in [4.69, 9.17) is 21.1 Å². The van der Waals surface area contributed by atoms with Gasteiger partial charge in [-0.15, -0.1) is 24.0 Å². The van der Waals surface area contributed by atoms with E-state index in [1.165, 1.54) is 0 Å². The number of guanidine groups is 1. The molecule has 0 saturated carbocycles. The highest BCUT2D eigenvalue weighted by Gasteiger charge is 2.09. The first-order valence-electron chi connectivity index (χ1n) is 7.56. The molecule has 2 rings (SSSR count). The van der Waals surface area contributed by atoms with E-state index in [2.05, 4.69) is 15.6 Å². The highest BCUT2D eigenvalue weighted by atomic mass is 127. The van der Waals surface area contributed by atoms with Gasteiger partial charge >= 0.3 is 0 Å². The van der Waals surface area contributed by atoms with Crippen LogP contribution in [-0.4, -0.2) is 27.2 Å². The summed E-state index contributed by atoms with van der Waals surface area (Å²) in [4.78, 5) is 4.23. The molecule has 0 aliphatic heterocycles. The average Bonchev–Trinajstić information content (AvgIpc) is 2.61. The van der Waals surface area contributed by atoms with Crippen molar-refractivity contribution in [2.24, 2.45) is 4.99 Å². The number of aliphatic imine (C=N–C) groups is 1. The van der Waals surface area contributed by atoms with Crippen molar-refractivity contribution in [3.8, 4) is 11.5 Å². The lowest BCUT2D eigenvalue weighted by Gasteiger charge is -2.15. The van der Waals surface area contributed by atoms with E-state index in [0.29, 0.717) is 24.8 Å². The highest BCUT2D eigenvalue weighted by Crippen LogP contribution is 2.30. The summed E-state index contributed by atoms with van der Waals surface area (Å²) >= 11 is 6.00. The molecule has 25 heavy (non-hydrogen) atoms. The van der Waals surface area contributed by atoms with Gasteiger partial charge in [-0.3, -0.25) is 4.99 Å². The lowest BCUT2D eigenvalue weighted by Crippen LogP contribution is -2.36. The highest BCUT2D eigenvalue weighted by molar-refractivity contribution is 14.0. The Kier molecular flexibility index (Phi) is 9.44. The van der Waals surface area contributed by atoms with Gasteiger partial charge in [-0.1, -0.05) is 35.9 Å². The summed E-state index contributed by atoms with van der Waals surface area (Å²) in [5.41, 5.74) is 2.08. The van der Waals surface area contributed by atoms with E-state index >= 15 is 0 Å². The maximum Gasteiger partial charge on any atom is 0.191 e. The number of nitrogens with one attached hydrogen (secondary N) is 2. The van der Waals surface area contributed by atoms with E-state index in [1.807, 2.05) is 42.5 Å². The van der Waals surface area contributed by atoms with Crippen LogP contribution in [0, 0.1) is 0 Å². The molecule has 0 aliphatic rings. The van der Waals surface area contributed by atoms with Gasteiger partial charge in [-0.25, -0.2) is 0 Å². The third-order valence-corrected chi connectivity index (χ3v) is 3.74. The van der Waals surface area contributed by atoms with Gasteiger partial charge in [0.05, 0.1) is 14.2 Å². The summed E-state index contributed by atoms with van der Waals surface area (Å²) in [6.45, 7) is 1.20.